The van der Waals surface area contributed by atoms with Crippen LogP contribution in [0.3, 0.4) is 0 Å². The summed E-state index contributed by atoms with van der Waals surface area (Å²) in [6.07, 6.45) is 3.35. The zero-order chi connectivity index (χ0) is 26.0. The van der Waals surface area contributed by atoms with Gasteiger partial charge in [0.05, 0.1) is 19.6 Å². The molecule has 0 aromatic rings. The number of hydrogen-bond acceptors (Lipinski definition) is 6. The van der Waals surface area contributed by atoms with E-state index in [4.69, 9.17) is 4.74 Å². The van der Waals surface area contributed by atoms with Gasteiger partial charge in [-0.3, -0.25) is 4.48 Å². The van der Waals surface area contributed by atoms with Crippen LogP contribution in [-0.4, -0.2) is 64.7 Å². The Balaban J connectivity index is 0. The van der Waals surface area contributed by atoms with Gasteiger partial charge in [-0.2, -0.15) is 26.3 Å². The van der Waals surface area contributed by atoms with Crippen molar-refractivity contribution in [1.82, 2.24) is 0 Å². The van der Waals surface area contributed by atoms with Gasteiger partial charge < -0.3 is 8.86 Å². The van der Waals surface area contributed by atoms with Crippen molar-refractivity contribution in [2.45, 2.75) is 58.0 Å². The lowest BCUT2D eigenvalue weighted by Crippen LogP contribution is -2.51. The molecule has 16 heteroatoms. The molecule has 0 heterocycles. The highest BCUT2D eigenvalue weighted by Crippen LogP contribution is 2.36. The van der Waals surface area contributed by atoms with E-state index >= 15 is 0 Å². The van der Waals surface area contributed by atoms with Gasteiger partial charge in [0.1, 0.15) is 0 Å². The average Bonchev–Trinajstić information content (AvgIpc) is 2.58. The van der Waals surface area contributed by atoms with Crippen LogP contribution in [0.25, 0.3) is 4.13 Å². The van der Waals surface area contributed by atoms with Gasteiger partial charge in [-0.1, -0.05) is 27.4 Å². The van der Waals surface area contributed by atoms with Crippen LogP contribution in [0.4, 0.5) is 26.3 Å². The first-order valence-corrected chi connectivity index (χ1v) is 12.1. The molecule has 0 unspecified atom stereocenters. The minimum atomic E-state index is -6.72. The Bertz CT molecular complexity index is 764. The van der Waals surface area contributed by atoms with Crippen molar-refractivity contribution < 1.29 is 57.2 Å². The number of esters is 1. The fourth-order valence-corrected chi connectivity index (χ4v) is 4.19. The molecule has 8 nitrogen and oxygen atoms in total. The van der Waals surface area contributed by atoms with Crippen LogP contribution in [-0.2, 0) is 29.6 Å². The van der Waals surface area contributed by atoms with E-state index in [9.17, 15) is 48.0 Å². The summed E-state index contributed by atoms with van der Waals surface area (Å²) in [4.78, 5) is 11.5. The van der Waals surface area contributed by atoms with Crippen LogP contribution in [0.2, 0.25) is 0 Å². The highest BCUT2D eigenvalue weighted by Gasteiger charge is 2.46. The lowest BCUT2D eigenvalue weighted by Gasteiger charge is -2.37. The van der Waals surface area contributed by atoms with E-state index in [1.165, 1.54) is 0 Å². The Hall–Kier alpha value is -1.39. The maximum Gasteiger partial charge on any atom is 0.480 e. The molecule has 0 bridgehead atoms. The third-order valence-electron chi connectivity index (χ3n) is 3.69. The molecule has 0 aliphatic carbocycles. The second kappa shape index (κ2) is 12.7. The third kappa shape index (κ3) is 11.0. The normalized spacial score (nSPS) is 13.2. The Kier molecular flexibility index (Phi) is 13.1. The number of rotatable bonds is 11. The molecule has 0 rings (SSSR count). The molecule has 0 atom stereocenters. The first kappa shape index (κ1) is 32.8. The summed E-state index contributed by atoms with van der Waals surface area (Å²) in [5, 5.41) is 0. The summed E-state index contributed by atoms with van der Waals surface area (Å²) >= 11 is 0. The summed E-state index contributed by atoms with van der Waals surface area (Å²) < 4.78 is 115. The van der Waals surface area contributed by atoms with Gasteiger partial charge in [-0.05, 0) is 26.2 Å². The zero-order valence-corrected chi connectivity index (χ0v) is 19.7. The summed E-state index contributed by atoms with van der Waals surface area (Å²) in [5.74, 6) is -0.268. The number of hydrogen-bond donors (Lipinski definition) is 0. The predicted molar refractivity (Wildman–Crippen MR) is 105 cm³/mol. The molecule has 0 aliphatic heterocycles. The van der Waals surface area contributed by atoms with E-state index in [1.807, 2.05) is 0 Å². The van der Waals surface area contributed by atoms with E-state index in [0.29, 0.717) is 12.3 Å². The van der Waals surface area contributed by atoms with Crippen molar-refractivity contribution in [1.29, 1.82) is 0 Å². The fourth-order valence-electron chi connectivity index (χ4n) is 2.48. The molecule has 0 amide bonds. The number of sulfonamides is 2. The smallest absolute Gasteiger partial charge is 0.421 e. The van der Waals surface area contributed by atoms with Crippen molar-refractivity contribution in [2.24, 2.45) is 0 Å². The second-order valence-electron chi connectivity index (χ2n) is 6.77. The van der Waals surface area contributed by atoms with Crippen LogP contribution < -0.4 is 0 Å². The highest BCUT2D eigenvalue weighted by atomic mass is 32.3. The first-order chi connectivity index (χ1) is 14.2. The van der Waals surface area contributed by atoms with E-state index < -0.39 is 31.1 Å². The molecule has 0 aromatic heterocycles. The lowest BCUT2D eigenvalue weighted by molar-refractivity contribution is -0.943. The Morgan fingerprint density at radius 2 is 1.16 bits per heavy atom. The van der Waals surface area contributed by atoms with Crippen molar-refractivity contribution in [3.63, 3.8) is 0 Å². The second-order valence-corrected chi connectivity index (χ2v) is 10.2. The van der Waals surface area contributed by atoms with Gasteiger partial charge in [0.15, 0.2) is 20.0 Å². The standard InChI is InChI=1S/C14H28NO2.C2F6NO4S2/c1-6-9-15(10-7-2,11-8-3)12-17-14(16)13(4)5;3-1(4,5)14(10,11)9-15(12,13)2(6,7)8/h4,6-12H2,1-3,5H3;/q+1;-1. The van der Waals surface area contributed by atoms with E-state index in [1.54, 1.807) is 6.92 Å². The lowest BCUT2D eigenvalue weighted by atomic mass is 10.2. The SMILES string of the molecule is C=C(C)C(=O)OC[N+](CCC)(CCC)CCC.O=S(=O)([N-]S(=O)(=O)C(F)(F)F)C(F)(F)F. The fraction of sp³-hybridized carbons (Fsp3) is 0.812. The predicted octanol–water partition coefficient (Wildman–Crippen LogP) is 4.17. The number of alkyl halides is 6. The quantitative estimate of drug-likeness (QED) is 0.133. The number of halogens is 6. The number of carbonyl (C=O) groups excluding carboxylic acids is 1. The zero-order valence-electron chi connectivity index (χ0n) is 18.1. The van der Waals surface area contributed by atoms with Crippen LogP contribution in [0.1, 0.15) is 47.0 Å². The van der Waals surface area contributed by atoms with Gasteiger partial charge in [0.2, 0.25) is 6.73 Å². The van der Waals surface area contributed by atoms with Gasteiger partial charge in [0, 0.05) is 5.57 Å². The van der Waals surface area contributed by atoms with Crippen molar-refractivity contribution in [3.05, 3.63) is 16.3 Å². The summed E-state index contributed by atoms with van der Waals surface area (Å²) in [6.45, 7) is 15.6. The van der Waals surface area contributed by atoms with E-state index in [0.717, 1.165) is 47.5 Å². The van der Waals surface area contributed by atoms with Crippen molar-refractivity contribution >= 4 is 26.0 Å². The van der Waals surface area contributed by atoms with Crippen LogP contribution in [0, 0.1) is 0 Å². The van der Waals surface area contributed by atoms with E-state index in [2.05, 4.69) is 27.4 Å². The monoisotopic (exact) mass is 522 g/mol. The molecular formula is C16H28F6N2O6S2. The number of carbonyl (C=O) groups is 1. The van der Waals surface area contributed by atoms with Gasteiger partial charge in [-0.25, -0.2) is 21.6 Å². The highest BCUT2D eigenvalue weighted by molar-refractivity contribution is 8.13. The number of ether oxygens (including phenoxy) is 1. The van der Waals surface area contributed by atoms with Gasteiger partial charge in [-0.15, -0.1) is 0 Å². The largest absolute Gasteiger partial charge is 0.480 e. The number of nitrogens with zero attached hydrogens (tertiary/aromatic N) is 2. The summed E-state index contributed by atoms with van der Waals surface area (Å²) in [7, 11) is -13.4. The van der Waals surface area contributed by atoms with Crippen molar-refractivity contribution in [2.75, 3.05) is 26.4 Å². The molecule has 0 aromatic carbocycles. The maximum atomic E-state index is 11.5. The van der Waals surface area contributed by atoms with Crippen molar-refractivity contribution in [3.8, 4) is 0 Å². The molecule has 0 aliphatic rings. The number of quaternary nitrogens is 1. The molecule has 0 radical (unpaired) electrons. The Morgan fingerprint density at radius 1 is 0.844 bits per heavy atom. The average molecular weight is 523 g/mol. The maximum absolute atomic E-state index is 11.5. The Morgan fingerprint density at radius 3 is 1.38 bits per heavy atom. The first-order valence-electron chi connectivity index (χ1n) is 9.26. The minimum absolute atomic E-state index is 0.268. The van der Waals surface area contributed by atoms with Crippen LogP contribution in [0.5, 0.6) is 0 Å². The Labute approximate surface area is 184 Å². The summed E-state index contributed by atoms with van der Waals surface area (Å²) in [5.41, 5.74) is -11.9. The molecule has 0 spiro atoms. The molecule has 192 valence electrons. The third-order valence-corrected chi connectivity index (χ3v) is 6.43. The molecule has 32 heavy (non-hydrogen) atoms. The molecule has 0 saturated heterocycles. The topological polar surface area (TPSA) is 109 Å². The van der Waals surface area contributed by atoms with Crippen LogP contribution in [0.15, 0.2) is 12.2 Å². The minimum Gasteiger partial charge on any atom is -0.421 e. The van der Waals surface area contributed by atoms with Crippen LogP contribution >= 0.6 is 0 Å². The van der Waals surface area contributed by atoms with E-state index in [-0.39, 0.29) is 5.97 Å². The molecule has 0 saturated carbocycles. The summed E-state index contributed by atoms with van der Waals surface area (Å²) in [6, 6.07) is 0. The van der Waals surface area contributed by atoms with Gasteiger partial charge in [0.25, 0.3) is 0 Å². The molecule has 0 fully saturated rings. The molecule has 0 N–H and O–H groups in total. The molecular weight excluding hydrogens is 494 g/mol. The van der Waals surface area contributed by atoms with Gasteiger partial charge >= 0.3 is 17.0 Å².